The molecular formula is C30H25O2P. The van der Waals surface area contributed by atoms with Crippen molar-refractivity contribution >= 4 is 28.5 Å². The van der Waals surface area contributed by atoms with Crippen LogP contribution in [0, 0.1) is 0 Å². The first kappa shape index (κ1) is 22.5. The van der Waals surface area contributed by atoms with E-state index in [1.807, 2.05) is 30.3 Å². The summed E-state index contributed by atoms with van der Waals surface area (Å²) in [5, 5.41) is 5.14. The van der Waals surface area contributed by atoms with Gasteiger partial charge in [-0.3, -0.25) is 0 Å². The predicted octanol–water partition coefficient (Wildman–Crippen LogP) is 5.92. The molecule has 5 aromatic rings. The van der Waals surface area contributed by atoms with E-state index in [2.05, 4.69) is 115 Å². The molecule has 0 aliphatic heterocycles. The zero-order valence-corrected chi connectivity index (χ0v) is 19.1. The molecule has 0 saturated heterocycles. The van der Waals surface area contributed by atoms with E-state index in [1.165, 1.54) is 21.2 Å². The third kappa shape index (κ3) is 4.32. The lowest BCUT2D eigenvalue weighted by molar-refractivity contribution is 0.486. The number of hydrogen-bond acceptors (Lipinski definition) is 2. The van der Waals surface area contributed by atoms with Gasteiger partial charge in [-0.2, -0.15) is 0 Å². The van der Waals surface area contributed by atoms with E-state index in [4.69, 9.17) is 4.74 Å². The SMILES string of the molecule is [OH-].c1ccc(Oc2ccccc2[P+](c2ccccc2)(c2ccccc2)c2ccccc2)cc1. The molecule has 0 bridgehead atoms. The van der Waals surface area contributed by atoms with Crippen LogP contribution in [0.1, 0.15) is 0 Å². The topological polar surface area (TPSA) is 39.2 Å². The molecule has 3 heteroatoms. The highest BCUT2D eigenvalue weighted by Gasteiger charge is 2.49. The van der Waals surface area contributed by atoms with Crippen molar-refractivity contribution < 1.29 is 10.2 Å². The molecule has 1 N–H and O–H groups in total. The summed E-state index contributed by atoms with van der Waals surface area (Å²) >= 11 is 0. The Bertz CT molecular complexity index is 1180. The molecular weight excluding hydrogens is 423 g/mol. The minimum absolute atomic E-state index is 0. The van der Waals surface area contributed by atoms with Crippen LogP contribution in [0.3, 0.4) is 0 Å². The van der Waals surface area contributed by atoms with Crippen molar-refractivity contribution in [3.8, 4) is 11.5 Å². The number of para-hydroxylation sites is 2. The lowest BCUT2D eigenvalue weighted by Crippen LogP contribution is -2.39. The Balaban J connectivity index is 0.00000259. The van der Waals surface area contributed by atoms with Gasteiger partial charge in [0.2, 0.25) is 0 Å². The number of ether oxygens (including phenoxy) is 1. The van der Waals surface area contributed by atoms with Crippen LogP contribution < -0.4 is 26.0 Å². The van der Waals surface area contributed by atoms with E-state index in [0.29, 0.717) is 0 Å². The molecule has 2 nitrogen and oxygen atoms in total. The maximum Gasteiger partial charge on any atom is 0.170 e. The van der Waals surface area contributed by atoms with Crippen molar-refractivity contribution in [2.45, 2.75) is 0 Å². The fourth-order valence-corrected chi connectivity index (χ4v) is 8.60. The maximum atomic E-state index is 6.51. The first-order chi connectivity index (χ1) is 15.9. The van der Waals surface area contributed by atoms with Crippen molar-refractivity contribution in [1.82, 2.24) is 0 Å². The minimum atomic E-state index is -2.21. The van der Waals surface area contributed by atoms with Gasteiger partial charge in [-0.15, -0.1) is 0 Å². The number of rotatable bonds is 6. The Labute approximate surface area is 195 Å². The highest BCUT2D eigenvalue weighted by Crippen LogP contribution is 2.56. The molecule has 0 aliphatic carbocycles. The van der Waals surface area contributed by atoms with Crippen LogP contribution in [0.2, 0.25) is 0 Å². The zero-order chi connectivity index (χ0) is 21.6. The third-order valence-electron chi connectivity index (χ3n) is 5.63. The van der Waals surface area contributed by atoms with Crippen molar-refractivity contribution in [2.75, 3.05) is 0 Å². The van der Waals surface area contributed by atoms with Crippen molar-refractivity contribution in [1.29, 1.82) is 0 Å². The van der Waals surface area contributed by atoms with E-state index < -0.39 is 7.26 Å². The first-order valence-electron chi connectivity index (χ1n) is 10.8. The van der Waals surface area contributed by atoms with Gasteiger partial charge in [-0.25, -0.2) is 0 Å². The Morgan fingerprint density at radius 2 is 0.758 bits per heavy atom. The first-order valence-corrected chi connectivity index (χ1v) is 12.6. The number of benzene rings is 5. The largest absolute Gasteiger partial charge is 0.870 e. The number of hydrogen-bond donors (Lipinski definition) is 0. The zero-order valence-electron chi connectivity index (χ0n) is 18.2. The summed E-state index contributed by atoms with van der Waals surface area (Å²) < 4.78 is 6.51. The van der Waals surface area contributed by atoms with E-state index in [-0.39, 0.29) is 5.48 Å². The lowest BCUT2D eigenvalue weighted by atomic mass is 10.3. The van der Waals surface area contributed by atoms with Gasteiger partial charge in [0.1, 0.15) is 28.9 Å². The average Bonchev–Trinajstić information content (AvgIpc) is 2.88. The van der Waals surface area contributed by atoms with Gasteiger partial charge in [0.05, 0.1) is 0 Å². The van der Waals surface area contributed by atoms with Gasteiger partial charge < -0.3 is 10.2 Å². The Morgan fingerprint density at radius 3 is 1.21 bits per heavy atom. The van der Waals surface area contributed by atoms with Gasteiger partial charge in [0, 0.05) is 0 Å². The molecule has 0 saturated carbocycles. The summed E-state index contributed by atoms with van der Waals surface area (Å²) in [7, 11) is -2.21. The molecule has 0 fully saturated rings. The third-order valence-corrected chi connectivity index (χ3v) is 9.94. The molecule has 0 unspecified atom stereocenters. The lowest BCUT2D eigenvalue weighted by Gasteiger charge is -2.28. The van der Waals surface area contributed by atoms with Crippen LogP contribution in [-0.2, 0) is 0 Å². The van der Waals surface area contributed by atoms with E-state index in [1.54, 1.807) is 0 Å². The van der Waals surface area contributed by atoms with Crippen LogP contribution in [0.25, 0.3) is 0 Å². The normalized spacial score (nSPS) is 10.8. The standard InChI is InChI=1S/C30H24OP.H2O/c1-5-15-25(16-6-1)31-29-23-13-14-24-30(29)32(26-17-7-2-8-18-26,27-19-9-3-10-20-27)28-21-11-4-12-22-28;/h1-24H;1H2/q+1;/p-1. The summed E-state index contributed by atoms with van der Waals surface area (Å²) in [4.78, 5) is 0. The van der Waals surface area contributed by atoms with Crippen LogP contribution in [0.15, 0.2) is 146 Å². The monoisotopic (exact) mass is 448 g/mol. The minimum Gasteiger partial charge on any atom is -0.870 e. The predicted molar refractivity (Wildman–Crippen MR) is 140 cm³/mol. The quantitative estimate of drug-likeness (QED) is 0.303. The van der Waals surface area contributed by atoms with Crippen molar-refractivity contribution in [3.05, 3.63) is 146 Å². The Hall–Kier alpha value is -3.71. The molecule has 0 atom stereocenters. The second-order valence-electron chi connectivity index (χ2n) is 7.56. The molecule has 0 amide bonds. The second kappa shape index (κ2) is 10.3. The van der Waals surface area contributed by atoms with E-state index >= 15 is 0 Å². The summed E-state index contributed by atoms with van der Waals surface area (Å²) in [6.07, 6.45) is 0. The van der Waals surface area contributed by atoms with Gasteiger partial charge in [0.25, 0.3) is 0 Å². The van der Waals surface area contributed by atoms with Gasteiger partial charge in [0.15, 0.2) is 11.1 Å². The van der Waals surface area contributed by atoms with E-state index in [9.17, 15) is 0 Å². The molecule has 0 radical (unpaired) electrons. The summed E-state index contributed by atoms with van der Waals surface area (Å²) in [6, 6.07) is 51.1. The molecule has 0 aliphatic rings. The molecule has 5 aromatic carbocycles. The molecule has 5 rings (SSSR count). The second-order valence-corrected chi connectivity index (χ2v) is 10.9. The van der Waals surface area contributed by atoms with Gasteiger partial charge in [-0.1, -0.05) is 84.9 Å². The Kier molecular flexibility index (Phi) is 7.00. The van der Waals surface area contributed by atoms with Crippen molar-refractivity contribution in [3.63, 3.8) is 0 Å². The van der Waals surface area contributed by atoms with Crippen LogP contribution in [-0.4, -0.2) is 5.48 Å². The maximum absolute atomic E-state index is 6.51. The van der Waals surface area contributed by atoms with Gasteiger partial charge >= 0.3 is 0 Å². The smallest absolute Gasteiger partial charge is 0.170 e. The fraction of sp³-hybridized carbons (Fsp3) is 0. The van der Waals surface area contributed by atoms with Crippen LogP contribution >= 0.6 is 7.26 Å². The molecule has 162 valence electrons. The van der Waals surface area contributed by atoms with Crippen LogP contribution in [0.4, 0.5) is 0 Å². The highest BCUT2D eigenvalue weighted by molar-refractivity contribution is 8.01. The summed E-state index contributed by atoms with van der Waals surface area (Å²) in [5.41, 5.74) is 0. The molecule has 0 heterocycles. The van der Waals surface area contributed by atoms with Crippen LogP contribution in [0.5, 0.6) is 11.5 Å². The summed E-state index contributed by atoms with van der Waals surface area (Å²) in [6.45, 7) is 0. The molecule has 0 spiro atoms. The molecule has 33 heavy (non-hydrogen) atoms. The summed E-state index contributed by atoms with van der Waals surface area (Å²) in [5.74, 6) is 1.73. The Morgan fingerprint density at radius 1 is 0.394 bits per heavy atom. The highest BCUT2D eigenvalue weighted by atomic mass is 31.2. The van der Waals surface area contributed by atoms with Gasteiger partial charge in [-0.05, 0) is 60.7 Å². The van der Waals surface area contributed by atoms with Crippen molar-refractivity contribution in [2.24, 2.45) is 0 Å². The average molecular weight is 449 g/mol. The fourth-order valence-electron chi connectivity index (χ4n) is 4.26. The van der Waals surface area contributed by atoms with E-state index in [0.717, 1.165) is 11.5 Å². The molecule has 0 aromatic heterocycles.